The van der Waals surface area contributed by atoms with Crippen molar-refractivity contribution in [2.24, 2.45) is 0 Å². The van der Waals surface area contributed by atoms with E-state index >= 15 is 0 Å². The molecule has 0 amide bonds. The zero-order valence-corrected chi connectivity index (χ0v) is 14.5. The van der Waals surface area contributed by atoms with Crippen molar-refractivity contribution in [3.8, 4) is 0 Å². The van der Waals surface area contributed by atoms with Gasteiger partial charge in [-0.15, -0.1) is 0 Å². The number of hydrogen-bond acceptors (Lipinski definition) is 5. The fraction of sp³-hybridized carbons (Fsp3) is 0.875. The summed E-state index contributed by atoms with van der Waals surface area (Å²) in [5.74, 6) is -1.74. The Kier molecular flexibility index (Phi) is 18.0. The first-order valence-corrected chi connectivity index (χ1v) is 8.11. The molecule has 0 saturated carbocycles. The van der Waals surface area contributed by atoms with Gasteiger partial charge in [0.2, 0.25) is 0 Å². The lowest BCUT2D eigenvalue weighted by molar-refractivity contribution is -0.139. The highest BCUT2D eigenvalue weighted by Crippen LogP contribution is 1.99. The Hall–Kier alpha value is -1.18. The highest BCUT2D eigenvalue weighted by atomic mass is 16.5. The average molecular weight is 336 g/mol. The van der Waals surface area contributed by atoms with Gasteiger partial charge in [0.1, 0.15) is 0 Å². The predicted octanol–water partition coefficient (Wildman–Crippen LogP) is 2.30. The summed E-state index contributed by atoms with van der Waals surface area (Å²) in [6, 6.07) is 0. The molecule has 138 valence electrons. The van der Waals surface area contributed by atoms with E-state index in [0.717, 1.165) is 19.4 Å². The quantitative estimate of drug-likeness (QED) is 0.442. The predicted molar refractivity (Wildman–Crippen MR) is 86.6 cm³/mol. The van der Waals surface area contributed by atoms with Crippen LogP contribution in [0.15, 0.2) is 0 Å². The number of unbranched alkanes of at least 4 members (excludes halogenated alkanes) is 2. The minimum atomic E-state index is -0.870. The molecule has 0 fully saturated rings. The maximum absolute atomic E-state index is 9.90. The van der Waals surface area contributed by atoms with Gasteiger partial charge in [-0.3, -0.25) is 9.59 Å². The summed E-state index contributed by atoms with van der Waals surface area (Å²) >= 11 is 0. The highest BCUT2D eigenvalue weighted by Gasteiger charge is 2.05. The summed E-state index contributed by atoms with van der Waals surface area (Å²) in [6.07, 6.45) is 3.31. The van der Waals surface area contributed by atoms with Gasteiger partial charge in [0.15, 0.2) is 0 Å². The number of ether oxygens (including phenoxy) is 2. The van der Waals surface area contributed by atoms with Crippen LogP contribution in [0.3, 0.4) is 0 Å². The van der Waals surface area contributed by atoms with Crippen LogP contribution in [0.5, 0.6) is 0 Å². The second-order valence-electron chi connectivity index (χ2n) is 5.36. The minimum Gasteiger partial charge on any atom is -0.481 e. The highest BCUT2D eigenvalue weighted by molar-refractivity contribution is 5.67. The van der Waals surface area contributed by atoms with Crippen molar-refractivity contribution in [3.63, 3.8) is 0 Å². The molecule has 0 heterocycles. The van der Waals surface area contributed by atoms with Crippen molar-refractivity contribution < 1.29 is 34.4 Å². The summed E-state index contributed by atoms with van der Waals surface area (Å²) in [4.78, 5) is 19.8. The van der Waals surface area contributed by atoms with Gasteiger partial charge in [0.05, 0.1) is 25.4 Å². The van der Waals surface area contributed by atoms with Crippen LogP contribution in [0.25, 0.3) is 0 Å². The first-order chi connectivity index (χ1) is 10.8. The van der Waals surface area contributed by atoms with Crippen LogP contribution in [-0.2, 0) is 19.1 Å². The van der Waals surface area contributed by atoms with Crippen LogP contribution >= 0.6 is 0 Å². The Labute approximate surface area is 138 Å². The van der Waals surface area contributed by atoms with Crippen LogP contribution in [0, 0.1) is 0 Å². The lowest BCUT2D eigenvalue weighted by Crippen LogP contribution is -2.22. The first-order valence-electron chi connectivity index (χ1n) is 8.11. The molecule has 0 saturated heterocycles. The van der Waals surface area contributed by atoms with Gasteiger partial charge in [-0.2, -0.15) is 0 Å². The van der Waals surface area contributed by atoms with Crippen molar-refractivity contribution in [2.75, 3.05) is 19.8 Å². The van der Waals surface area contributed by atoms with E-state index in [2.05, 4.69) is 6.92 Å². The Morgan fingerprint density at radius 3 is 1.83 bits per heavy atom. The molecule has 7 heteroatoms. The standard InChI is InChI=1S/C10H22O3.C6H10O4/c1-4-5-6-12-10(3)8-13-9(2)7-11;7-5(8)3-1-2-4-6(9)10/h9-11H,4-8H2,1-3H3;1-4H2,(H,7,8)(H,9,10). The molecule has 0 aliphatic heterocycles. The van der Waals surface area contributed by atoms with Crippen LogP contribution in [-0.4, -0.2) is 59.3 Å². The van der Waals surface area contributed by atoms with Gasteiger partial charge in [0.25, 0.3) is 0 Å². The van der Waals surface area contributed by atoms with Gasteiger partial charge in [-0.05, 0) is 33.1 Å². The molecule has 2 atom stereocenters. The summed E-state index contributed by atoms with van der Waals surface area (Å²) < 4.78 is 10.8. The van der Waals surface area contributed by atoms with Crippen molar-refractivity contribution in [3.05, 3.63) is 0 Å². The van der Waals surface area contributed by atoms with Gasteiger partial charge in [-0.1, -0.05) is 13.3 Å². The van der Waals surface area contributed by atoms with E-state index in [9.17, 15) is 9.59 Å². The maximum Gasteiger partial charge on any atom is 0.303 e. The largest absolute Gasteiger partial charge is 0.481 e. The molecule has 0 aromatic carbocycles. The van der Waals surface area contributed by atoms with E-state index in [1.807, 2.05) is 13.8 Å². The van der Waals surface area contributed by atoms with Crippen molar-refractivity contribution in [1.29, 1.82) is 0 Å². The van der Waals surface area contributed by atoms with E-state index in [4.69, 9.17) is 24.8 Å². The summed E-state index contributed by atoms with van der Waals surface area (Å²) in [5, 5.41) is 25.0. The minimum absolute atomic E-state index is 0.0628. The van der Waals surface area contributed by atoms with Gasteiger partial charge in [-0.25, -0.2) is 0 Å². The molecule has 0 rings (SSSR count). The van der Waals surface area contributed by atoms with Crippen LogP contribution < -0.4 is 0 Å². The number of aliphatic carboxylic acids is 2. The lowest BCUT2D eigenvalue weighted by Gasteiger charge is -2.15. The van der Waals surface area contributed by atoms with Gasteiger partial charge in [0, 0.05) is 19.4 Å². The maximum atomic E-state index is 9.90. The molecule has 23 heavy (non-hydrogen) atoms. The summed E-state index contributed by atoms with van der Waals surface area (Å²) in [7, 11) is 0. The van der Waals surface area contributed by atoms with Crippen molar-refractivity contribution >= 4 is 11.9 Å². The van der Waals surface area contributed by atoms with Crippen LogP contribution in [0.1, 0.15) is 59.3 Å². The van der Waals surface area contributed by atoms with Gasteiger partial charge >= 0.3 is 11.9 Å². The fourth-order valence-electron chi connectivity index (χ4n) is 1.38. The lowest BCUT2D eigenvalue weighted by atomic mass is 10.2. The number of carbonyl (C=O) groups is 2. The third-order valence-electron chi connectivity index (χ3n) is 2.80. The number of hydrogen-bond donors (Lipinski definition) is 3. The second kappa shape index (κ2) is 17.2. The van der Waals surface area contributed by atoms with Crippen molar-refractivity contribution in [2.45, 2.75) is 71.5 Å². The molecule has 0 bridgehead atoms. The van der Waals surface area contributed by atoms with E-state index in [1.54, 1.807) is 0 Å². The number of aliphatic hydroxyl groups excluding tert-OH is 1. The fourth-order valence-corrected chi connectivity index (χ4v) is 1.38. The molecule has 0 spiro atoms. The molecule has 2 unspecified atom stereocenters. The molecule has 0 aliphatic rings. The molecule has 0 aliphatic carbocycles. The molecule has 0 aromatic rings. The monoisotopic (exact) mass is 336 g/mol. The third kappa shape index (κ3) is 23.2. The molecule has 0 radical (unpaired) electrons. The number of aliphatic hydroxyl groups is 1. The Balaban J connectivity index is 0. The second-order valence-corrected chi connectivity index (χ2v) is 5.36. The molecule has 7 nitrogen and oxygen atoms in total. The van der Waals surface area contributed by atoms with E-state index < -0.39 is 11.9 Å². The number of rotatable bonds is 13. The van der Waals surface area contributed by atoms with Crippen molar-refractivity contribution in [1.82, 2.24) is 0 Å². The molecule has 3 N–H and O–H groups in total. The third-order valence-corrected chi connectivity index (χ3v) is 2.80. The van der Waals surface area contributed by atoms with Gasteiger partial charge < -0.3 is 24.8 Å². The topological polar surface area (TPSA) is 113 Å². The van der Waals surface area contributed by atoms with Crippen LogP contribution in [0.4, 0.5) is 0 Å². The smallest absolute Gasteiger partial charge is 0.303 e. The zero-order valence-electron chi connectivity index (χ0n) is 14.5. The van der Waals surface area contributed by atoms with E-state index in [-0.39, 0.29) is 31.7 Å². The van der Waals surface area contributed by atoms with E-state index in [0.29, 0.717) is 19.4 Å². The van der Waals surface area contributed by atoms with Crippen LogP contribution in [0.2, 0.25) is 0 Å². The molecular weight excluding hydrogens is 304 g/mol. The summed E-state index contributed by atoms with van der Waals surface area (Å²) in [5.41, 5.74) is 0. The Morgan fingerprint density at radius 1 is 0.913 bits per heavy atom. The number of carboxylic acid groups (broad SMARTS) is 2. The normalized spacial score (nSPS) is 12.9. The molecular formula is C16H32O7. The molecule has 0 aromatic heterocycles. The SMILES string of the molecule is CCCCOC(C)COC(C)CO.O=C(O)CCCCC(=O)O. The Bertz CT molecular complexity index is 278. The summed E-state index contributed by atoms with van der Waals surface area (Å²) in [6.45, 7) is 7.40. The first kappa shape index (κ1) is 24.1. The van der Waals surface area contributed by atoms with E-state index in [1.165, 1.54) is 0 Å². The number of carboxylic acids is 2. The zero-order chi connectivity index (χ0) is 18.1. The average Bonchev–Trinajstić information content (AvgIpc) is 2.49. The Morgan fingerprint density at radius 2 is 1.43 bits per heavy atom.